The predicted octanol–water partition coefficient (Wildman–Crippen LogP) is 6.21. The summed E-state index contributed by atoms with van der Waals surface area (Å²) in [5.41, 5.74) is 4.10. The third kappa shape index (κ3) is 5.29. The van der Waals surface area contributed by atoms with Gasteiger partial charge in [-0.25, -0.2) is 4.99 Å². The number of allylic oxidation sites excluding steroid dienone is 1. The lowest BCUT2D eigenvalue weighted by molar-refractivity contribution is -0.113. The van der Waals surface area contributed by atoms with Crippen molar-refractivity contribution < 1.29 is 13.9 Å². The van der Waals surface area contributed by atoms with Gasteiger partial charge in [0.1, 0.15) is 17.3 Å². The van der Waals surface area contributed by atoms with E-state index in [1.54, 1.807) is 24.7 Å². The van der Waals surface area contributed by atoms with Crippen LogP contribution in [0.4, 0.5) is 5.69 Å². The van der Waals surface area contributed by atoms with E-state index in [4.69, 9.17) is 14.1 Å². The highest BCUT2D eigenvalue weighted by Crippen LogP contribution is 2.33. The van der Waals surface area contributed by atoms with Crippen molar-refractivity contribution in [2.24, 2.45) is 4.99 Å². The number of ether oxygens (including phenoxy) is 1. The first kappa shape index (κ1) is 27.7. The number of carbonyl (C=O) groups excluding carboxylic acids is 1. The van der Waals surface area contributed by atoms with Crippen molar-refractivity contribution >= 4 is 44.9 Å². The Labute approximate surface area is 254 Å². The molecule has 0 spiro atoms. The molecule has 3 heterocycles. The fourth-order valence-electron chi connectivity index (χ4n) is 4.98. The monoisotopic (exact) mass is 639 g/mol. The van der Waals surface area contributed by atoms with Gasteiger partial charge in [-0.05, 0) is 73.5 Å². The highest BCUT2D eigenvalue weighted by molar-refractivity contribution is 9.10. The molecule has 2 aromatic heterocycles. The van der Waals surface area contributed by atoms with Crippen LogP contribution in [0, 0.1) is 6.92 Å². The van der Waals surface area contributed by atoms with Gasteiger partial charge < -0.3 is 14.5 Å². The number of halogens is 1. The van der Waals surface area contributed by atoms with Gasteiger partial charge in [0.2, 0.25) is 0 Å². The molecule has 0 radical (unpaired) electrons. The van der Waals surface area contributed by atoms with Gasteiger partial charge in [0.15, 0.2) is 4.80 Å². The number of carbonyl (C=O) groups is 1. The normalized spacial score (nSPS) is 14.9. The zero-order valence-electron chi connectivity index (χ0n) is 23.1. The van der Waals surface area contributed by atoms with Crippen molar-refractivity contribution in [3.63, 3.8) is 0 Å². The summed E-state index contributed by atoms with van der Waals surface area (Å²) in [6.07, 6.45) is 1.72. The summed E-state index contributed by atoms with van der Waals surface area (Å²) in [4.78, 5) is 32.9. The Kier molecular flexibility index (Phi) is 7.53. The Bertz CT molecular complexity index is 2040. The molecule has 1 aliphatic heterocycles. The molecule has 0 saturated heterocycles. The Morgan fingerprint density at radius 2 is 1.86 bits per heavy atom. The number of para-hydroxylation sites is 1. The first-order valence-electron chi connectivity index (χ1n) is 13.2. The lowest BCUT2D eigenvalue weighted by Gasteiger charge is -2.25. The van der Waals surface area contributed by atoms with Crippen LogP contribution >= 0.6 is 27.3 Å². The SMILES string of the molecule is COc1cccc([C@H]2C(C(=O)Nc3ccccc3)=C(C)N=c3s/c(=C\c4ccc(-c5ccc(C)cc5Br)o4)c(=O)n32)c1. The van der Waals surface area contributed by atoms with Crippen LogP contribution in [0.2, 0.25) is 0 Å². The fraction of sp³-hybridized carbons (Fsp3) is 0.121. The molecular weight excluding hydrogens is 614 g/mol. The second-order valence-corrected chi connectivity index (χ2v) is 11.7. The van der Waals surface area contributed by atoms with Gasteiger partial charge in [0, 0.05) is 21.8 Å². The number of nitrogens with one attached hydrogen (secondary N) is 1. The molecule has 0 bridgehead atoms. The summed E-state index contributed by atoms with van der Waals surface area (Å²) in [6.45, 7) is 3.82. The molecule has 210 valence electrons. The summed E-state index contributed by atoms with van der Waals surface area (Å²) in [5, 5.41) is 2.97. The number of hydrogen-bond acceptors (Lipinski definition) is 6. The molecule has 1 N–H and O–H groups in total. The number of thiazole rings is 1. The molecule has 5 aromatic rings. The van der Waals surface area contributed by atoms with Crippen LogP contribution in [-0.2, 0) is 4.79 Å². The molecule has 6 rings (SSSR count). The number of anilines is 1. The van der Waals surface area contributed by atoms with E-state index in [9.17, 15) is 9.59 Å². The molecule has 3 aromatic carbocycles. The van der Waals surface area contributed by atoms with E-state index in [2.05, 4.69) is 21.2 Å². The largest absolute Gasteiger partial charge is 0.497 e. The number of nitrogens with zero attached hydrogens (tertiary/aromatic N) is 2. The number of aromatic nitrogens is 1. The topological polar surface area (TPSA) is 85.8 Å². The number of aryl methyl sites for hydroxylation is 1. The Hall–Kier alpha value is -4.47. The van der Waals surface area contributed by atoms with Crippen LogP contribution in [0.1, 0.15) is 29.9 Å². The summed E-state index contributed by atoms with van der Waals surface area (Å²) in [5.74, 6) is 1.52. The predicted molar refractivity (Wildman–Crippen MR) is 168 cm³/mol. The smallest absolute Gasteiger partial charge is 0.271 e. The quantitative estimate of drug-likeness (QED) is 0.239. The maximum absolute atomic E-state index is 14.0. The molecule has 7 nitrogen and oxygen atoms in total. The first-order valence-corrected chi connectivity index (χ1v) is 14.8. The minimum Gasteiger partial charge on any atom is -0.497 e. The highest BCUT2D eigenvalue weighted by Gasteiger charge is 2.32. The average molecular weight is 641 g/mol. The van der Waals surface area contributed by atoms with Gasteiger partial charge in [-0.3, -0.25) is 14.2 Å². The number of rotatable bonds is 6. The molecule has 0 aliphatic carbocycles. The second kappa shape index (κ2) is 11.4. The molecule has 42 heavy (non-hydrogen) atoms. The minimum absolute atomic E-state index is 0.265. The van der Waals surface area contributed by atoms with Gasteiger partial charge in [0.25, 0.3) is 11.5 Å². The van der Waals surface area contributed by atoms with Gasteiger partial charge in [-0.15, -0.1) is 0 Å². The third-order valence-corrected chi connectivity index (χ3v) is 8.64. The standard InChI is InChI=1S/C33H26BrN3O4S/c1-19-12-14-25(26(34)16-19)27-15-13-24(41-27)18-28-32(39)37-30(21-8-7-11-23(17-21)40-3)29(20(2)35-33(37)42-28)31(38)36-22-9-5-4-6-10-22/h4-18,30H,1-3H3,(H,36,38)/b28-18-/t30-/m0/s1. The second-order valence-electron chi connectivity index (χ2n) is 9.86. The number of benzene rings is 3. The van der Waals surface area contributed by atoms with Crippen molar-refractivity contribution in [2.75, 3.05) is 12.4 Å². The number of furan rings is 1. The van der Waals surface area contributed by atoms with Crippen LogP contribution in [0.25, 0.3) is 17.4 Å². The van der Waals surface area contributed by atoms with Crippen LogP contribution in [-0.4, -0.2) is 17.6 Å². The summed E-state index contributed by atoms with van der Waals surface area (Å²) < 4.78 is 14.6. The van der Waals surface area contributed by atoms with Crippen molar-refractivity contribution in [1.29, 1.82) is 0 Å². The molecule has 1 aliphatic rings. The first-order chi connectivity index (χ1) is 20.3. The number of methoxy groups -OCH3 is 1. The van der Waals surface area contributed by atoms with Crippen molar-refractivity contribution in [3.8, 4) is 17.1 Å². The van der Waals surface area contributed by atoms with Crippen LogP contribution in [0.15, 0.2) is 115 Å². The number of fused-ring (bicyclic) bond motifs is 1. The van der Waals surface area contributed by atoms with Crippen molar-refractivity contribution in [2.45, 2.75) is 19.9 Å². The van der Waals surface area contributed by atoms with E-state index in [1.165, 1.54) is 11.3 Å². The number of amides is 1. The molecule has 0 fully saturated rings. The maximum Gasteiger partial charge on any atom is 0.271 e. The Balaban J connectivity index is 1.46. The zero-order chi connectivity index (χ0) is 29.4. The van der Waals surface area contributed by atoms with Crippen LogP contribution < -0.4 is 24.9 Å². The van der Waals surface area contributed by atoms with Gasteiger partial charge >= 0.3 is 0 Å². The van der Waals surface area contributed by atoms with E-state index < -0.39 is 6.04 Å². The number of hydrogen-bond donors (Lipinski definition) is 1. The van der Waals surface area contributed by atoms with Crippen molar-refractivity contribution in [3.05, 3.63) is 137 Å². The molecule has 0 saturated carbocycles. The molecule has 9 heteroatoms. The average Bonchev–Trinajstić information content (AvgIpc) is 3.56. The molecule has 1 atom stereocenters. The van der Waals surface area contributed by atoms with Gasteiger partial charge in [-0.1, -0.05) is 63.7 Å². The van der Waals surface area contributed by atoms with Crippen LogP contribution in [0.3, 0.4) is 0 Å². The van der Waals surface area contributed by atoms with E-state index in [0.717, 1.165) is 21.2 Å². The molecule has 1 amide bonds. The van der Waals surface area contributed by atoms with E-state index in [1.807, 2.05) is 91.9 Å². The minimum atomic E-state index is -0.710. The summed E-state index contributed by atoms with van der Waals surface area (Å²) in [6, 6.07) is 25.7. The molecule has 0 unspecified atom stereocenters. The van der Waals surface area contributed by atoms with E-state index >= 15 is 0 Å². The summed E-state index contributed by atoms with van der Waals surface area (Å²) in [7, 11) is 1.58. The zero-order valence-corrected chi connectivity index (χ0v) is 25.5. The molecular formula is C33H26BrN3O4S. The van der Waals surface area contributed by atoms with Gasteiger partial charge in [-0.2, -0.15) is 0 Å². The Morgan fingerprint density at radius 3 is 2.62 bits per heavy atom. The van der Waals surface area contributed by atoms with Gasteiger partial charge in [0.05, 0.1) is 29.0 Å². The summed E-state index contributed by atoms with van der Waals surface area (Å²) >= 11 is 4.87. The van der Waals surface area contributed by atoms with Crippen molar-refractivity contribution in [1.82, 2.24) is 4.57 Å². The van der Waals surface area contributed by atoms with Crippen LogP contribution in [0.5, 0.6) is 5.75 Å². The lowest BCUT2D eigenvalue weighted by atomic mass is 9.95. The third-order valence-electron chi connectivity index (χ3n) is 7.00. The fourth-order valence-corrected chi connectivity index (χ4v) is 6.70. The maximum atomic E-state index is 14.0. The van der Waals surface area contributed by atoms with E-state index in [-0.39, 0.29) is 11.5 Å². The van der Waals surface area contributed by atoms with E-state index in [0.29, 0.717) is 43.6 Å². The highest BCUT2D eigenvalue weighted by atomic mass is 79.9. The lowest BCUT2D eigenvalue weighted by Crippen LogP contribution is -2.40. The Morgan fingerprint density at radius 1 is 1.05 bits per heavy atom.